The van der Waals surface area contributed by atoms with Crippen LogP contribution in [0.1, 0.15) is 21.5 Å². The number of hydrogen-bond acceptors (Lipinski definition) is 3. The molecule has 0 saturated carbocycles. The van der Waals surface area contributed by atoms with Crippen LogP contribution >= 0.6 is 0 Å². The first-order chi connectivity index (χ1) is 14.1. The van der Waals surface area contributed by atoms with E-state index in [2.05, 4.69) is 10.6 Å². The van der Waals surface area contributed by atoms with Crippen LogP contribution < -0.4 is 15.4 Å². The Hall–Kier alpha value is -3.60. The first-order valence-electron chi connectivity index (χ1n) is 9.42. The van der Waals surface area contributed by atoms with Crippen molar-refractivity contribution in [1.82, 2.24) is 5.32 Å². The minimum absolute atomic E-state index is 0.294. The third-order valence-electron chi connectivity index (χ3n) is 4.55. The zero-order chi connectivity index (χ0) is 20.6. The second kappa shape index (κ2) is 9.55. The van der Waals surface area contributed by atoms with E-state index in [1.54, 1.807) is 37.4 Å². The zero-order valence-corrected chi connectivity index (χ0v) is 16.5. The van der Waals surface area contributed by atoms with Gasteiger partial charge in [0.25, 0.3) is 5.91 Å². The first-order valence-corrected chi connectivity index (χ1v) is 9.42. The van der Waals surface area contributed by atoms with E-state index in [0.29, 0.717) is 23.4 Å². The molecule has 0 fully saturated rings. The molecule has 2 N–H and O–H groups in total. The second-order valence-electron chi connectivity index (χ2n) is 6.77. The summed E-state index contributed by atoms with van der Waals surface area (Å²) in [5, 5.41) is 5.76. The number of carbonyl (C=O) groups excluding carboxylic acids is 2. The SMILES string of the molecule is COc1ccc(C)cc1NC(=O)[C@@H](Cc1ccccc1)NC(=O)c1ccccc1. The van der Waals surface area contributed by atoms with Crippen LogP contribution in [0.5, 0.6) is 5.75 Å². The lowest BCUT2D eigenvalue weighted by molar-refractivity contribution is -0.118. The zero-order valence-electron chi connectivity index (χ0n) is 16.5. The number of nitrogens with one attached hydrogen (secondary N) is 2. The van der Waals surface area contributed by atoms with Crippen molar-refractivity contribution < 1.29 is 14.3 Å². The fourth-order valence-electron chi connectivity index (χ4n) is 3.03. The van der Waals surface area contributed by atoms with E-state index < -0.39 is 6.04 Å². The van der Waals surface area contributed by atoms with Crippen molar-refractivity contribution in [2.45, 2.75) is 19.4 Å². The molecule has 0 saturated heterocycles. The topological polar surface area (TPSA) is 67.4 Å². The molecule has 5 heteroatoms. The molecule has 0 aliphatic heterocycles. The van der Waals surface area contributed by atoms with Gasteiger partial charge >= 0.3 is 0 Å². The standard InChI is InChI=1S/C24H24N2O3/c1-17-13-14-22(29-2)20(15-17)25-24(28)21(16-18-9-5-3-6-10-18)26-23(27)19-11-7-4-8-12-19/h3-15,21H,16H2,1-2H3,(H,25,28)(H,26,27)/t21-/m1/s1. The molecule has 0 heterocycles. The number of hydrogen-bond donors (Lipinski definition) is 2. The monoisotopic (exact) mass is 388 g/mol. The maximum atomic E-state index is 13.1. The highest BCUT2D eigenvalue weighted by Crippen LogP contribution is 2.25. The van der Waals surface area contributed by atoms with Gasteiger partial charge in [0.2, 0.25) is 5.91 Å². The van der Waals surface area contributed by atoms with Crippen LogP contribution in [0.15, 0.2) is 78.9 Å². The van der Waals surface area contributed by atoms with E-state index in [1.165, 1.54) is 0 Å². The molecule has 3 rings (SSSR count). The number of benzene rings is 3. The van der Waals surface area contributed by atoms with Crippen LogP contribution in [0, 0.1) is 6.92 Å². The Balaban J connectivity index is 1.83. The van der Waals surface area contributed by atoms with Gasteiger partial charge in [-0.25, -0.2) is 0 Å². The molecule has 0 bridgehead atoms. The molecule has 3 aromatic carbocycles. The number of rotatable bonds is 7. The molecule has 0 aromatic heterocycles. The van der Waals surface area contributed by atoms with E-state index >= 15 is 0 Å². The quantitative estimate of drug-likeness (QED) is 0.643. The summed E-state index contributed by atoms with van der Waals surface area (Å²) in [6.07, 6.45) is 0.374. The Bertz CT molecular complexity index is 972. The Labute approximate surface area is 170 Å². The molecule has 0 unspecified atom stereocenters. The van der Waals surface area contributed by atoms with Gasteiger partial charge < -0.3 is 15.4 Å². The maximum absolute atomic E-state index is 13.1. The van der Waals surface area contributed by atoms with E-state index in [9.17, 15) is 9.59 Å². The number of amides is 2. The highest BCUT2D eigenvalue weighted by molar-refractivity contribution is 6.01. The Morgan fingerprint density at radius 2 is 1.59 bits per heavy atom. The summed E-state index contributed by atoms with van der Waals surface area (Å²) in [6.45, 7) is 1.94. The lowest BCUT2D eigenvalue weighted by atomic mass is 10.0. The van der Waals surface area contributed by atoms with Crippen LogP contribution in [-0.4, -0.2) is 25.0 Å². The van der Waals surface area contributed by atoms with Crippen LogP contribution in [0.2, 0.25) is 0 Å². The van der Waals surface area contributed by atoms with Crippen LogP contribution in [-0.2, 0) is 11.2 Å². The van der Waals surface area contributed by atoms with E-state index in [1.807, 2.05) is 55.5 Å². The number of anilines is 1. The molecule has 5 nitrogen and oxygen atoms in total. The Kier molecular flexibility index (Phi) is 6.63. The van der Waals surface area contributed by atoms with Gasteiger partial charge in [-0.05, 0) is 42.3 Å². The molecule has 0 radical (unpaired) electrons. The predicted octanol–water partition coefficient (Wildman–Crippen LogP) is 3.98. The summed E-state index contributed by atoms with van der Waals surface area (Å²) in [7, 11) is 1.55. The van der Waals surface area contributed by atoms with Gasteiger partial charge in [0.15, 0.2) is 0 Å². The van der Waals surface area contributed by atoms with Gasteiger partial charge in [-0.1, -0.05) is 54.6 Å². The summed E-state index contributed by atoms with van der Waals surface area (Å²) in [6, 6.07) is 23.3. The second-order valence-corrected chi connectivity index (χ2v) is 6.77. The van der Waals surface area contributed by atoms with Gasteiger partial charge in [-0.2, -0.15) is 0 Å². The van der Waals surface area contributed by atoms with Gasteiger partial charge in [-0.15, -0.1) is 0 Å². The van der Waals surface area contributed by atoms with Gasteiger partial charge in [0.1, 0.15) is 11.8 Å². The fraction of sp³-hybridized carbons (Fsp3) is 0.167. The highest BCUT2D eigenvalue weighted by Gasteiger charge is 2.23. The van der Waals surface area contributed by atoms with Crippen molar-refractivity contribution in [1.29, 1.82) is 0 Å². The van der Waals surface area contributed by atoms with Crippen LogP contribution in [0.4, 0.5) is 5.69 Å². The minimum Gasteiger partial charge on any atom is -0.495 e. The molecule has 0 aliphatic carbocycles. The van der Waals surface area contributed by atoms with Crippen LogP contribution in [0.3, 0.4) is 0 Å². The number of carbonyl (C=O) groups is 2. The molecule has 0 aliphatic rings. The molecule has 2 amide bonds. The summed E-state index contributed by atoms with van der Waals surface area (Å²) in [5.41, 5.74) is 3.03. The highest BCUT2D eigenvalue weighted by atomic mass is 16.5. The fourth-order valence-corrected chi connectivity index (χ4v) is 3.03. The molecule has 29 heavy (non-hydrogen) atoms. The third-order valence-corrected chi connectivity index (χ3v) is 4.55. The number of ether oxygens (including phenoxy) is 1. The van der Waals surface area contributed by atoms with Gasteiger partial charge in [0.05, 0.1) is 12.8 Å². The molecule has 148 valence electrons. The molecular weight excluding hydrogens is 364 g/mol. The predicted molar refractivity (Wildman–Crippen MR) is 114 cm³/mol. The van der Waals surface area contributed by atoms with Crippen molar-refractivity contribution in [2.24, 2.45) is 0 Å². The van der Waals surface area contributed by atoms with Crippen LogP contribution in [0.25, 0.3) is 0 Å². The first kappa shape index (κ1) is 20.1. The normalized spacial score (nSPS) is 11.4. The largest absolute Gasteiger partial charge is 0.495 e. The summed E-state index contributed by atoms with van der Waals surface area (Å²) < 4.78 is 5.35. The maximum Gasteiger partial charge on any atom is 0.251 e. The van der Waals surface area contributed by atoms with Crippen molar-refractivity contribution in [3.63, 3.8) is 0 Å². The van der Waals surface area contributed by atoms with E-state index in [0.717, 1.165) is 11.1 Å². The van der Waals surface area contributed by atoms with Crippen molar-refractivity contribution in [2.75, 3.05) is 12.4 Å². The van der Waals surface area contributed by atoms with Crippen molar-refractivity contribution >= 4 is 17.5 Å². The Morgan fingerprint density at radius 3 is 2.24 bits per heavy atom. The summed E-state index contributed by atoms with van der Waals surface area (Å²) >= 11 is 0. The Morgan fingerprint density at radius 1 is 0.931 bits per heavy atom. The third kappa shape index (κ3) is 5.45. The average molecular weight is 388 g/mol. The molecule has 1 atom stereocenters. The lowest BCUT2D eigenvalue weighted by Gasteiger charge is -2.20. The van der Waals surface area contributed by atoms with Crippen molar-refractivity contribution in [3.05, 3.63) is 95.6 Å². The smallest absolute Gasteiger partial charge is 0.251 e. The van der Waals surface area contributed by atoms with E-state index in [-0.39, 0.29) is 11.8 Å². The van der Waals surface area contributed by atoms with E-state index in [4.69, 9.17) is 4.74 Å². The molecular formula is C24H24N2O3. The number of methoxy groups -OCH3 is 1. The lowest BCUT2D eigenvalue weighted by Crippen LogP contribution is -2.45. The van der Waals surface area contributed by atoms with Crippen molar-refractivity contribution in [3.8, 4) is 5.75 Å². The molecule has 3 aromatic rings. The minimum atomic E-state index is -0.740. The van der Waals surface area contributed by atoms with Gasteiger partial charge in [0, 0.05) is 12.0 Å². The summed E-state index contributed by atoms with van der Waals surface area (Å²) in [5.74, 6) is -0.0308. The number of aryl methyl sites for hydroxylation is 1. The molecule has 0 spiro atoms. The summed E-state index contributed by atoms with van der Waals surface area (Å²) in [4.78, 5) is 25.7. The average Bonchev–Trinajstić information content (AvgIpc) is 2.74. The van der Waals surface area contributed by atoms with Gasteiger partial charge in [-0.3, -0.25) is 9.59 Å².